The summed E-state index contributed by atoms with van der Waals surface area (Å²) in [4.78, 5) is 0. The van der Waals surface area contributed by atoms with Crippen LogP contribution in [-0.2, 0) is 4.12 Å². The Hall–Kier alpha value is 0.314. The summed E-state index contributed by atoms with van der Waals surface area (Å²) in [7, 11) is -4.20. The Morgan fingerprint density at radius 2 is 1.12 bits per heavy atom. The molecule has 0 aromatic heterocycles. The summed E-state index contributed by atoms with van der Waals surface area (Å²) >= 11 is 0. The highest BCUT2D eigenvalue weighted by atomic mass is 28.4. The summed E-state index contributed by atoms with van der Waals surface area (Å²) in [6.45, 7) is 12.4. The van der Waals surface area contributed by atoms with Gasteiger partial charge in [-0.25, -0.2) is 0 Å². The number of hydrogen-bond acceptors (Lipinski definition) is 3. The molecule has 5 heteroatoms. The Morgan fingerprint density at radius 1 is 0.824 bits per heavy atom. The maximum absolute atomic E-state index is 10.1. The van der Waals surface area contributed by atoms with E-state index in [0.29, 0.717) is 0 Å². The lowest BCUT2D eigenvalue weighted by atomic mass is 10.4. The van der Waals surface area contributed by atoms with E-state index in [2.05, 4.69) is 40.0 Å². The third kappa shape index (κ3) is 5.65. The fraction of sp³-hybridized carbons (Fsp3) is 1.00. The van der Waals surface area contributed by atoms with Gasteiger partial charge in [0.05, 0.1) is 11.5 Å². The van der Waals surface area contributed by atoms with Gasteiger partial charge in [-0.05, 0) is 39.0 Å². The minimum Gasteiger partial charge on any atom is -0.452 e. The van der Waals surface area contributed by atoms with Crippen molar-refractivity contribution in [3.8, 4) is 0 Å². The van der Waals surface area contributed by atoms with Crippen molar-refractivity contribution in [3.63, 3.8) is 0 Å². The average Bonchev–Trinajstić information content (AvgIpc) is 2.16. The molecule has 0 radical (unpaired) electrons. The summed E-state index contributed by atoms with van der Waals surface area (Å²) in [5.74, 6) is 0. The van der Waals surface area contributed by atoms with Gasteiger partial charge >= 0.3 is 0 Å². The van der Waals surface area contributed by atoms with Gasteiger partial charge in [-0.3, -0.25) is 0 Å². The van der Waals surface area contributed by atoms with Crippen LogP contribution in [0.2, 0.25) is 26.2 Å². The minimum atomic E-state index is -2.10. The lowest BCUT2D eigenvalue weighted by Gasteiger charge is -2.39. The van der Waals surface area contributed by atoms with Crippen LogP contribution >= 0.6 is 0 Å². The molecule has 0 aliphatic carbocycles. The van der Waals surface area contributed by atoms with Crippen LogP contribution in [0.4, 0.5) is 0 Å². The molecule has 0 aliphatic rings. The van der Waals surface area contributed by atoms with E-state index in [4.69, 9.17) is 4.12 Å². The Labute approximate surface area is 108 Å². The van der Waals surface area contributed by atoms with E-state index < -0.39 is 16.6 Å². The Kier molecular flexibility index (Phi) is 7.17. The average molecular weight is 279 g/mol. The summed E-state index contributed by atoms with van der Waals surface area (Å²) in [5, 5.41) is 20.3. The number of rotatable bonds is 8. The third-order valence-electron chi connectivity index (χ3n) is 3.26. The maximum Gasteiger partial charge on any atom is 0.202 e. The van der Waals surface area contributed by atoms with Crippen LogP contribution < -0.4 is 0 Å². The van der Waals surface area contributed by atoms with Crippen molar-refractivity contribution in [1.29, 1.82) is 0 Å². The standard InChI is InChI=1S/C12H30O3Si2/c1-7-9-11(13)16(3,4)15-17(5,6)12(14)10-8-2/h11-14H,7-10H2,1-6H3. The van der Waals surface area contributed by atoms with Crippen molar-refractivity contribution in [3.05, 3.63) is 0 Å². The molecule has 0 aliphatic heterocycles. The fourth-order valence-corrected chi connectivity index (χ4v) is 10.5. The highest BCUT2D eigenvalue weighted by Crippen LogP contribution is 2.24. The van der Waals surface area contributed by atoms with E-state index in [1.807, 2.05) is 0 Å². The molecular weight excluding hydrogens is 248 g/mol. The van der Waals surface area contributed by atoms with Gasteiger partial charge in [-0.1, -0.05) is 26.7 Å². The molecule has 2 unspecified atom stereocenters. The smallest absolute Gasteiger partial charge is 0.202 e. The molecule has 0 heterocycles. The monoisotopic (exact) mass is 278 g/mol. The normalized spacial score (nSPS) is 16.9. The number of aliphatic hydroxyl groups excluding tert-OH is 2. The molecule has 0 amide bonds. The van der Waals surface area contributed by atoms with E-state index in [0.717, 1.165) is 25.7 Å². The highest BCUT2D eigenvalue weighted by Gasteiger charge is 2.41. The first-order valence-electron chi connectivity index (χ1n) is 6.73. The fourth-order valence-electron chi connectivity index (χ4n) is 2.06. The number of hydrogen-bond donors (Lipinski definition) is 2. The van der Waals surface area contributed by atoms with Gasteiger partial charge in [0.1, 0.15) is 0 Å². The zero-order valence-electron chi connectivity index (χ0n) is 12.3. The SMILES string of the molecule is CCCC(O)[Si](C)(C)O[Si](C)(C)C(O)CCC. The van der Waals surface area contributed by atoms with Crippen LogP contribution in [0.3, 0.4) is 0 Å². The first-order valence-corrected chi connectivity index (χ1v) is 12.7. The summed E-state index contributed by atoms with van der Waals surface area (Å²) < 4.78 is 6.23. The Balaban J connectivity index is 4.56. The van der Waals surface area contributed by atoms with Crippen molar-refractivity contribution in [2.24, 2.45) is 0 Å². The molecule has 2 atom stereocenters. The summed E-state index contributed by atoms with van der Waals surface area (Å²) in [6.07, 6.45) is 3.54. The maximum atomic E-state index is 10.1. The largest absolute Gasteiger partial charge is 0.452 e. The molecule has 0 rings (SSSR count). The van der Waals surface area contributed by atoms with Gasteiger partial charge in [-0.15, -0.1) is 0 Å². The van der Waals surface area contributed by atoms with Gasteiger partial charge in [0.15, 0.2) is 0 Å². The minimum absolute atomic E-state index is 0.326. The number of aliphatic hydroxyl groups is 2. The second-order valence-corrected chi connectivity index (χ2v) is 14.5. The second kappa shape index (κ2) is 7.04. The van der Waals surface area contributed by atoms with Crippen LogP contribution in [0.25, 0.3) is 0 Å². The predicted molar refractivity (Wildman–Crippen MR) is 77.9 cm³/mol. The van der Waals surface area contributed by atoms with Crippen molar-refractivity contribution in [2.75, 3.05) is 0 Å². The topological polar surface area (TPSA) is 49.7 Å². The Morgan fingerprint density at radius 3 is 1.35 bits per heavy atom. The zero-order valence-corrected chi connectivity index (χ0v) is 14.3. The van der Waals surface area contributed by atoms with Gasteiger partial charge < -0.3 is 14.3 Å². The zero-order chi connectivity index (χ0) is 13.7. The highest BCUT2D eigenvalue weighted by molar-refractivity contribution is 6.86. The van der Waals surface area contributed by atoms with Crippen LogP contribution in [-0.4, -0.2) is 38.3 Å². The molecule has 0 aromatic rings. The van der Waals surface area contributed by atoms with Crippen LogP contribution in [0.5, 0.6) is 0 Å². The summed E-state index contributed by atoms with van der Waals surface area (Å²) in [5.41, 5.74) is -0.652. The van der Waals surface area contributed by atoms with Crippen LogP contribution in [0.1, 0.15) is 39.5 Å². The first kappa shape index (κ1) is 17.3. The quantitative estimate of drug-likeness (QED) is 0.671. The molecule has 2 N–H and O–H groups in total. The lowest BCUT2D eigenvalue weighted by Crippen LogP contribution is -2.57. The molecule has 0 bridgehead atoms. The van der Waals surface area contributed by atoms with Crippen molar-refractivity contribution in [1.82, 2.24) is 0 Å². The molecule has 0 aromatic carbocycles. The van der Waals surface area contributed by atoms with Crippen molar-refractivity contribution in [2.45, 2.75) is 77.2 Å². The van der Waals surface area contributed by atoms with E-state index in [9.17, 15) is 10.2 Å². The molecule has 0 saturated heterocycles. The van der Waals surface area contributed by atoms with Gasteiger partial charge in [0.25, 0.3) is 0 Å². The molecule has 0 spiro atoms. The third-order valence-corrected chi connectivity index (χ3v) is 11.3. The van der Waals surface area contributed by atoms with Crippen LogP contribution in [0, 0.1) is 0 Å². The van der Waals surface area contributed by atoms with Gasteiger partial charge in [0.2, 0.25) is 16.6 Å². The van der Waals surface area contributed by atoms with E-state index in [-0.39, 0.29) is 11.5 Å². The first-order chi connectivity index (χ1) is 7.67. The molecule has 104 valence electrons. The second-order valence-electron chi connectivity index (χ2n) is 5.92. The van der Waals surface area contributed by atoms with E-state index in [1.165, 1.54) is 0 Å². The Bertz CT molecular complexity index is 198. The van der Waals surface area contributed by atoms with Gasteiger partial charge in [0, 0.05) is 0 Å². The summed E-state index contributed by atoms with van der Waals surface area (Å²) in [6, 6.07) is 0. The van der Waals surface area contributed by atoms with Crippen LogP contribution in [0.15, 0.2) is 0 Å². The lowest BCUT2D eigenvalue weighted by molar-refractivity contribution is 0.192. The molecule has 0 fully saturated rings. The predicted octanol–water partition coefficient (Wildman–Crippen LogP) is 2.81. The van der Waals surface area contributed by atoms with E-state index in [1.54, 1.807) is 0 Å². The van der Waals surface area contributed by atoms with Crippen molar-refractivity contribution < 1.29 is 14.3 Å². The van der Waals surface area contributed by atoms with Gasteiger partial charge in [-0.2, -0.15) is 0 Å². The molecule has 3 nitrogen and oxygen atoms in total. The molecule has 17 heavy (non-hydrogen) atoms. The molecule has 0 saturated carbocycles. The van der Waals surface area contributed by atoms with Crippen molar-refractivity contribution >= 4 is 16.6 Å². The molecular formula is C12H30O3Si2. The van der Waals surface area contributed by atoms with E-state index >= 15 is 0 Å².